The second-order valence-corrected chi connectivity index (χ2v) is 5.36. The fraction of sp³-hybridized carbons (Fsp3) is 0.833. The fourth-order valence-electron chi connectivity index (χ4n) is 1.97. The van der Waals surface area contributed by atoms with E-state index in [1.807, 2.05) is 13.8 Å². The molecule has 1 fully saturated rings. The molecule has 1 aliphatic heterocycles. The molecule has 0 bridgehead atoms. The third kappa shape index (κ3) is 2.84. The largest absolute Gasteiger partial charge is 0.395 e. The Morgan fingerprint density at radius 3 is 3.00 bits per heavy atom. The summed E-state index contributed by atoms with van der Waals surface area (Å²) in [5.74, 6) is 1.24. The summed E-state index contributed by atoms with van der Waals surface area (Å²) in [6.07, 6.45) is 4.73. The van der Waals surface area contributed by atoms with Gasteiger partial charge in [0, 0.05) is 0 Å². The molecule has 0 radical (unpaired) electrons. The molecule has 2 heterocycles. The van der Waals surface area contributed by atoms with Crippen molar-refractivity contribution in [3.8, 4) is 0 Å². The average molecular weight is 239 g/mol. The van der Waals surface area contributed by atoms with Crippen LogP contribution >= 0.6 is 0 Å². The Kier molecular flexibility index (Phi) is 3.79. The molecule has 5 nitrogen and oxygen atoms in total. The van der Waals surface area contributed by atoms with Gasteiger partial charge >= 0.3 is 0 Å². The summed E-state index contributed by atoms with van der Waals surface area (Å²) in [5.41, 5.74) is -0.462. The van der Waals surface area contributed by atoms with Crippen molar-refractivity contribution in [2.45, 2.75) is 51.0 Å². The normalized spacial score (nSPS) is 22.4. The van der Waals surface area contributed by atoms with E-state index >= 15 is 0 Å². The van der Waals surface area contributed by atoms with Crippen LogP contribution in [-0.2, 0) is 5.41 Å². The van der Waals surface area contributed by atoms with Crippen LogP contribution in [0, 0.1) is 0 Å². The number of aromatic nitrogens is 2. The molecule has 1 aliphatic rings. The second-order valence-electron chi connectivity index (χ2n) is 5.36. The maximum absolute atomic E-state index is 9.27. The zero-order valence-corrected chi connectivity index (χ0v) is 10.6. The minimum atomic E-state index is -0.462. The highest BCUT2D eigenvalue weighted by molar-refractivity contribution is 5.03. The predicted molar refractivity (Wildman–Crippen MR) is 63.6 cm³/mol. The molecule has 0 amide bonds. The first kappa shape index (κ1) is 12.5. The van der Waals surface area contributed by atoms with Gasteiger partial charge < -0.3 is 14.9 Å². The minimum absolute atomic E-state index is 0.00668. The first-order valence-corrected chi connectivity index (χ1v) is 6.32. The number of aliphatic hydroxyl groups is 1. The van der Waals surface area contributed by atoms with Crippen molar-refractivity contribution in [1.29, 1.82) is 0 Å². The summed E-state index contributed by atoms with van der Waals surface area (Å²) >= 11 is 0. The SMILES string of the molecule is CC(C)(CO)c1nc(C2CCCCCN2)no1. The van der Waals surface area contributed by atoms with Gasteiger partial charge in [-0.1, -0.05) is 18.0 Å². The molecule has 96 valence electrons. The van der Waals surface area contributed by atoms with Crippen LogP contribution in [0.5, 0.6) is 0 Å². The highest BCUT2D eigenvalue weighted by Gasteiger charge is 2.28. The lowest BCUT2D eigenvalue weighted by Crippen LogP contribution is -2.24. The number of rotatable bonds is 3. The van der Waals surface area contributed by atoms with Gasteiger partial charge in [-0.3, -0.25) is 0 Å². The molecule has 0 spiro atoms. The molecule has 1 atom stereocenters. The molecule has 1 aromatic heterocycles. The molecule has 0 saturated carbocycles. The number of hydrogen-bond donors (Lipinski definition) is 2. The quantitative estimate of drug-likeness (QED) is 0.837. The minimum Gasteiger partial charge on any atom is -0.395 e. The number of hydrogen-bond acceptors (Lipinski definition) is 5. The molecule has 2 N–H and O–H groups in total. The van der Waals surface area contributed by atoms with Crippen molar-refractivity contribution >= 4 is 0 Å². The average Bonchev–Trinajstić information content (AvgIpc) is 2.67. The lowest BCUT2D eigenvalue weighted by atomic mass is 9.95. The Morgan fingerprint density at radius 2 is 2.24 bits per heavy atom. The Labute approximate surface area is 102 Å². The third-order valence-electron chi connectivity index (χ3n) is 3.29. The van der Waals surface area contributed by atoms with Crippen LogP contribution in [0.25, 0.3) is 0 Å². The van der Waals surface area contributed by atoms with E-state index in [2.05, 4.69) is 15.5 Å². The summed E-state index contributed by atoms with van der Waals surface area (Å²) < 4.78 is 5.25. The van der Waals surface area contributed by atoms with Crippen LogP contribution in [0.2, 0.25) is 0 Å². The second kappa shape index (κ2) is 5.14. The maximum Gasteiger partial charge on any atom is 0.234 e. The van der Waals surface area contributed by atoms with E-state index in [4.69, 9.17) is 4.52 Å². The summed E-state index contributed by atoms with van der Waals surface area (Å²) in [5, 5.41) is 16.7. The van der Waals surface area contributed by atoms with Crippen LogP contribution in [0.15, 0.2) is 4.52 Å². The van der Waals surface area contributed by atoms with Crippen LogP contribution in [0.4, 0.5) is 0 Å². The van der Waals surface area contributed by atoms with Gasteiger partial charge in [-0.15, -0.1) is 0 Å². The molecule has 1 unspecified atom stereocenters. The molecule has 5 heteroatoms. The third-order valence-corrected chi connectivity index (χ3v) is 3.29. The van der Waals surface area contributed by atoms with Gasteiger partial charge in [0.15, 0.2) is 5.82 Å². The van der Waals surface area contributed by atoms with Gasteiger partial charge in [0.1, 0.15) is 0 Å². The maximum atomic E-state index is 9.27. The van der Waals surface area contributed by atoms with E-state index in [1.165, 1.54) is 19.3 Å². The first-order chi connectivity index (χ1) is 8.13. The zero-order chi connectivity index (χ0) is 12.3. The first-order valence-electron chi connectivity index (χ1n) is 6.32. The van der Waals surface area contributed by atoms with Gasteiger partial charge in [-0.2, -0.15) is 4.98 Å². The van der Waals surface area contributed by atoms with Gasteiger partial charge in [-0.05, 0) is 33.2 Å². The molecule has 1 aromatic rings. The van der Waals surface area contributed by atoms with Gasteiger partial charge in [-0.25, -0.2) is 0 Å². The van der Waals surface area contributed by atoms with Crippen molar-refractivity contribution in [3.63, 3.8) is 0 Å². The van der Waals surface area contributed by atoms with E-state index in [-0.39, 0.29) is 12.6 Å². The number of aliphatic hydroxyl groups excluding tert-OH is 1. The van der Waals surface area contributed by atoms with Crippen LogP contribution < -0.4 is 5.32 Å². The van der Waals surface area contributed by atoms with Gasteiger partial charge in [0.05, 0.1) is 18.1 Å². The fourth-order valence-corrected chi connectivity index (χ4v) is 1.97. The topological polar surface area (TPSA) is 71.2 Å². The monoisotopic (exact) mass is 239 g/mol. The Morgan fingerprint density at radius 1 is 1.41 bits per heavy atom. The standard InChI is InChI=1S/C12H21N3O2/c1-12(2,8-16)11-14-10(15-17-11)9-6-4-3-5-7-13-9/h9,13,16H,3-8H2,1-2H3. The Hall–Kier alpha value is -0.940. The van der Waals surface area contributed by atoms with E-state index in [9.17, 15) is 5.11 Å². The summed E-state index contributed by atoms with van der Waals surface area (Å²) in [7, 11) is 0. The van der Waals surface area contributed by atoms with Crippen molar-refractivity contribution in [3.05, 3.63) is 11.7 Å². The van der Waals surface area contributed by atoms with Crippen molar-refractivity contribution in [2.24, 2.45) is 0 Å². The van der Waals surface area contributed by atoms with E-state index in [0.717, 1.165) is 18.8 Å². The molecule has 17 heavy (non-hydrogen) atoms. The summed E-state index contributed by atoms with van der Waals surface area (Å²) in [4.78, 5) is 4.42. The zero-order valence-electron chi connectivity index (χ0n) is 10.6. The lowest BCUT2D eigenvalue weighted by Gasteiger charge is -2.15. The van der Waals surface area contributed by atoms with E-state index in [1.54, 1.807) is 0 Å². The molecule has 2 rings (SSSR count). The van der Waals surface area contributed by atoms with Crippen molar-refractivity contribution in [1.82, 2.24) is 15.5 Å². The highest BCUT2D eigenvalue weighted by atomic mass is 16.5. The Balaban J connectivity index is 2.11. The van der Waals surface area contributed by atoms with Crippen molar-refractivity contribution < 1.29 is 9.63 Å². The van der Waals surface area contributed by atoms with Crippen LogP contribution in [0.1, 0.15) is 57.3 Å². The summed E-state index contributed by atoms with van der Waals surface area (Å²) in [6, 6.07) is 0.199. The van der Waals surface area contributed by atoms with Crippen LogP contribution in [-0.4, -0.2) is 28.4 Å². The lowest BCUT2D eigenvalue weighted by molar-refractivity contribution is 0.182. The van der Waals surface area contributed by atoms with E-state index in [0.29, 0.717) is 5.89 Å². The Bertz CT molecular complexity index is 354. The molecular weight excluding hydrogens is 218 g/mol. The molecular formula is C12H21N3O2. The van der Waals surface area contributed by atoms with Gasteiger partial charge in [0.25, 0.3) is 0 Å². The van der Waals surface area contributed by atoms with Gasteiger partial charge in [0.2, 0.25) is 5.89 Å². The number of nitrogens with zero attached hydrogens (tertiary/aromatic N) is 2. The molecule has 0 aromatic carbocycles. The van der Waals surface area contributed by atoms with E-state index < -0.39 is 5.41 Å². The summed E-state index contributed by atoms with van der Waals surface area (Å²) in [6.45, 7) is 4.81. The van der Waals surface area contributed by atoms with Crippen molar-refractivity contribution in [2.75, 3.05) is 13.2 Å². The number of nitrogens with one attached hydrogen (secondary N) is 1. The molecule has 1 saturated heterocycles. The predicted octanol–water partition coefficient (Wildman–Crippen LogP) is 1.54. The highest BCUT2D eigenvalue weighted by Crippen LogP contribution is 2.24. The van der Waals surface area contributed by atoms with Crippen LogP contribution in [0.3, 0.4) is 0 Å². The molecule has 0 aliphatic carbocycles. The smallest absolute Gasteiger partial charge is 0.234 e.